The second kappa shape index (κ2) is 6.21. The summed E-state index contributed by atoms with van der Waals surface area (Å²) >= 11 is 0. The lowest BCUT2D eigenvalue weighted by molar-refractivity contribution is 1.04. The number of hydrazine groups is 1. The van der Waals surface area contributed by atoms with Crippen LogP contribution in [0.2, 0.25) is 0 Å². The van der Waals surface area contributed by atoms with Gasteiger partial charge in [-0.15, -0.1) is 0 Å². The molecular weight excluding hydrogens is 252 g/mol. The molecule has 6 nitrogen and oxygen atoms in total. The predicted molar refractivity (Wildman–Crippen MR) is 83.3 cm³/mol. The Morgan fingerprint density at radius 3 is 2.60 bits per heavy atom. The van der Waals surface area contributed by atoms with Gasteiger partial charge in [-0.3, -0.25) is 0 Å². The summed E-state index contributed by atoms with van der Waals surface area (Å²) in [6.07, 6.45) is 2.28. The number of nitrogen functional groups attached to an aromatic ring is 1. The summed E-state index contributed by atoms with van der Waals surface area (Å²) in [4.78, 5) is 10.5. The van der Waals surface area contributed by atoms with Crippen LogP contribution in [0.15, 0.2) is 30.6 Å². The van der Waals surface area contributed by atoms with Crippen molar-refractivity contribution < 1.29 is 0 Å². The van der Waals surface area contributed by atoms with Crippen molar-refractivity contribution in [2.75, 3.05) is 29.7 Å². The van der Waals surface area contributed by atoms with E-state index >= 15 is 0 Å². The Kier molecular flexibility index (Phi) is 4.37. The maximum Gasteiger partial charge on any atom is 0.148 e. The summed E-state index contributed by atoms with van der Waals surface area (Å²) in [5.74, 6) is 6.89. The highest BCUT2D eigenvalue weighted by Crippen LogP contribution is 2.25. The molecule has 0 saturated heterocycles. The molecule has 0 amide bonds. The third-order valence-electron chi connectivity index (χ3n) is 3.06. The third-order valence-corrected chi connectivity index (χ3v) is 3.06. The summed E-state index contributed by atoms with van der Waals surface area (Å²) in [5, 5.41) is 3.32. The van der Waals surface area contributed by atoms with Gasteiger partial charge in [-0.2, -0.15) is 0 Å². The zero-order valence-electron chi connectivity index (χ0n) is 12.0. The number of hydrogen-bond acceptors (Lipinski definition) is 6. The molecule has 0 unspecified atom stereocenters. The second-order valence-electron chi connectivity index (χ2n) is 4.62. The van der Waals surface area contributed by atoms with E-state index in [1.54, 1.807) is 0 Å². The largest absolute Gasteiger partial charge is 0.378 e. The molecule has 0 aliphatic rings. The quantitative estimate of drug-likeness (QED) is 0.571. The molecule has 0 aliphatic carbocycles. The first-order valence-corrected chi connectivity index (χ1v) is 6.50. The average Bonchev–Trinajstić information content (AvgIpc) is 2.47. The van der Waals surface area contributed by atoms with Crippen LogP contribution in [0.1, 0.15) is 12.5 Å². The Bertz CT molecular complexity index is 582. The zero-order valence-corrected chi connectivity index (χ0v) is 12.0. The molecule has 4 N–H and O–H groups in total. The van der Waals surface area contributed by atoms with E-state index in [9.17, 15) is 0 Å². The first kappa shape index (κ1) is 14.1. The number of aromatic nitrogens is 2. The Morgan fingerprint density at radius 1 is 1.20 bits per heavy atom. The van der Waals surface area contributed by atoms with Crippen LogP contribution in [-0.4, -0.2) is 24.1 Å². The highest BCUT2D eigenvalue weighted by Gasteiger charge is 2.09. The first-order chi connectivity index (χ1) is 9.65. The number of rotatable bonds is 5. The zero-order chi connectivity index (χ0) is 14.5. The summed E-state index contributed by atoms with van der Waals surface area (Å²) < 4.78 is 0. The van der Waals surface area contributed by atoms with E-state index in [0.29, 0.717) is 5.82 Å². The summed E-state index contributed by atoms with van der Waals surface area (Å²) in [6, 6.07) is 8.13. The highest BCUT2D eigenvalue weighted by molar-refractivity contribution is 5.67. The molecule has 1 aromatic heterocycles. The van der Waals surface area contributed by atoms with Crippen LogP contribution in [0, 0.1) is 0 Å². The van der Waals surface area contributed by atoms with Crippen LogP contribution in [0.3, 0.4) is 0 Å². The normalized spacial score (nSPS) is 10.2. The number of nitrogens with two attached hydrogens (primary N) is 1. The highest BCUT2D eigenvalue weighted by atomic mass is 15.3. The van der Waals surface area contributed by atoms with E-state index in [1.165, 1.54) is 6.33 Å². The maximum absolute atomic E-state index is 5.48. The van der Waals surface area contributed by atoms with E-state index in [1.807, 2.05) is 33.2 Å². The molecule has 0 spiro atoms. The molecule has 106 valence electrons. The van der Waals surface area contributed by atoms with Gasteiger partial charge in [0.1, 0.15) is 18.0 Å². The Hall–Kier alpha value is -2.34. The molecule has 1 heterocycles. The van der Waals surface area contributed by atoms with Crippen molar-refractivity contribution >= 4 is 23.0 Å². The molecule has 0 aliphatic heterocycles. The molecule has 0 fully saturated rings. The van der Waals surface area contributed by atoms with Gasteiger partial charge in [-0.1, -0.05) is 13.0 Å². The van der Waals surface area contributed by atoms with Gasteiger partial charge < -0.3 is 15.6 Å². The van der Waals surface area contributed by atoms with E-state index < -0.39 is 0 Å². The fraction of sp³-hybridized carbons (Fsp3) is 0.286. The predicted octanol–water partition coefficient (Wildman–Crippen LogP) is 2.13. The lowest BCUT2D eigenvalue weighted by atomic mass is 10.2. The lowest BCUT2D eigenvalue weighted by Crippen LogP contribution is -2.13. The number of anilines is 4. The Morgan fingerprint density at radius 2 is 1.95 bits per heavy atom. The fourth-order valence-corrected chi connectivity index (χ4v) is 1.98. The van der Waals surface area contributed by atoms with Gasteiger partial charge in [0.15, 0.2) is 0 Å². The van der Waals surface area contributed by atoms with Crippen molar-refractivity contribution in [3.63, 3.8) is 0 Å². The monoisotopic (exact) mass is 272 g/mol. The van der Waals surface area contributed by atoms with E-state index in [2.05, 4.69) is 37.7 Å². The van der Waals surface area contributed by atoms with Crippen molar-refractivity contribution in [3.8, 4) is 0 Å². The van der Waals surface area contributed by atoms with Crippen molar-refractivity contribution in [1.82, 2.24) is 9.97 Å². The van der Waals surface area contributed by atoms with E-state index in [4.69, 9.17) is 5.84 Å². The van der Waals surface area contributed by atoms with Gasteiger partial charge in [0.25, 0.3) is 0 Å². The molecule has 1 aromatic carbocycles. The second-order valence-corrected chi connectivity index (χ2v) is 4.62. The molecule has 0 atom stereocenters. The third kappa shape index (κ3) is 2.97. The number of hydrogen-bond donors (Lipinski definition) is 3. The van der Waals surface area contributed by atoms with Crippen molar-refractivity contribution in [2.24, 2.45) is 5.84 Å². The molecule has 2 rings (SSSR count). The van der Waals surface area contributed by atoms with Crippen molar-refractivity contribution in [2.45, 2.75) is 13.3 Å². The van der Waals surface area contributed by atoms with Gasteiger partial charge in [0.05, 0.1) is 0 Å². The molecule has 0 radical (unpaired) electrons. The Balaban J connectivity index is 2.32. The van der Waals surface area contributed by atoms with Crippen LogP contribution in [0.4, 0.5) is 23.0 Å². The fourth-order valence-electron chi connectivity index (χ4n) is 1.98. The smallest absolute Gasteiger partial charge is 0.148 e. The maximum atomic E-state index is 5.48. The average molecular weight is 272 g/mol. The van der Waals surface area contributed by atoms with Crippen LogP contribution in [0.5, 0.6) is 0 Å². The van der Waals surface area contributed by atoms with Crippen molar-refractivity contribution in [1.29, 1.82) is 0 Å². The number of nitrogens with one attached hydrogen (secondary N) is 2. The standard InChI is InChI=1S/C14H20N6/c1-4-12-13(16-9-17-14(12)19-15)18-10-6-5-7-11(8-10)20(2)3/h5-9H,4,15H2,1-3H3,(H2,16,17,18,19). The summed E-state index contributed by atoms with van der Waals surface area (Å²) in [5.41, 5.74) is 5.67. The summed E-state index contributed by atoms with van der Waals surface area (Å²) in [7, 11) is 4.02. The van der Waals surface area contributed by atoms with Gasteiger partial charge in [0.2, 0.25) is 0 Å². The SMILES string of the molecule is CCc1c(NN)ncnc1Nc1cccc(N(C)C)c1. The molecule has 6 heteroatoms. The minimum Gasteiger partial charge on any atom is -0.378 e. The number of benzene rings is 1. The minimum absolute atomic E-state index is 0.647. The number of nitrogens with zero attached hydrogens (tertiary/aromatic N) is 3. The molecule has 2 aromatic rings. The van der Waals surface area contributed by atoms with Gasteiger partial charge in [0, 0.05) is 31.0 Å². The van der Waals surface area contributed by atoms with Crippen LogP contribution in [-0.2, 0) is 6.42 Å². The van der Waals surface area contributed by atoms with Gasteiger partial charge in [-0.05, 0) is 24.6 Å². The molecule has 0 saturated carbocycles. The Labute approximate surface area is 119 Å². The molecule has 20 heavy (non-hydrogen) atoms. The van der Waals surface area contributed by atoms with E-state index in [0.717, 1.165) is 29.2 Å². The van der Waals surface area contributed by atoms with Crippen molar-refractivity contribution in [3.05, 3.63) is 36.2 Å². The first-order valence-electron chi connectivity index (χ1n) is 6.50. The summed E-state index contributed by atoms with van der Waals surface area (Å²) in [6.45, 7) is 2.04. The minimum atomic E-state index is 0.647. The van der Waals surface area contributed by atoms with Gasteiger partial charge in [-0.25, -0.2) is 15.8 Å². The molecule has 0 bridgehead atoms. The van der Waals surface area contributed by atoms with Gasteiger partial charge >= 0.3 is 0 Å². The van der Waals surface area contributed by atoms with Crippen LogP contribution < -0.4 is 21.5 Å². The van der Waals surface area contributed by atoms with Crippen LogP contribution in [0.25, 0.3) is 0 Å². The van der Waals surface area contributed by atoms with E-state index in [-0.39, 0.29) is 0 Å². The molecular formula is C14H20N6. The topological polar surface area (TPSA) is 79.1 Å². The van der Waals surface area contributed by atoms with Crippen LogP contribution >= 0.6 is 0 Å². The lowest BCUT2D eigenvalue weighted by Gasteiger charge is -2.16.